The van der Waals surface area contributed by atoms with Crippen molar-refractivity contribution in [3.05, 3.63) is 34.9 Å². The van der Waals surface area contributed by atoms with E-state index in [0.29, 0.717) is 5.02 Å². The largest absolute Gasteiger partial charge is 0.478 e. The lowest BCUT2D eigenvalue weighted by Crippen LogP contribution is -1.94. The van der Waals surface area contributed by atoms with Crippen molar-refractivity contribution in [3.63, 3.8) is 0 Å². The molecule has 1 rings (SSSR count). The maximum Gasteiger partial charge on any atom is 0.336 e. The zero-order chi connectivity index (χ0) is 7.56. The van der Waals surface area contributed by atoms with Gasteiger partial charge in [0.15, 0.2) is 0 Å². The molecule has 0 heterocycles. The smallest absolute Gasteiger partial charge is 0.336 e. The van der Waals surface area contributed by atoms with E-state index in [0.717, 1.165) is 0 Å². The van der Waals surface area contributed by atoms with Crippen LogP contribution in [0.2, 0.25) is 5.02 Å². The van der Waals surface area contributed by atoms with Gasteiger partial charge in [0.2, 0.25) is 0 Å². The first-order valence-corrected chi connectivity index (χ1v) is 2.99. The van der Waals surface area contributed by atoms with Crippen LogP contribution in [0, 0.1) is 6.07 Å². The van der Waals surface area contributed by atoms with E-state index >= 15 is 0 Å². The minimum absolute atomic E-state index is 0.0903. The zero-order valence-corrected chi connectivity index (χ0v) is 5.72. The van der Waals surface area contributed by atoms with Crippen LogP contribution in [0.5, 0.6) is 0 Å². The first-order chi connectivity index (χ1) is 4.70. The van der Waals surface area contributed by atoms with Crippen LogP contribution in [-0.2, 0) is 0 Å². The number of hydrogen-bond acceptors (Lipinski definition) is 1. The molecule has 10 heavy (non-hydrogen) atoms. The zero-order valence-electron chi connectivity index (χ0n) is 4.97. The molecule has 0 amide bonds. The lowest BCUT2D eigenvalue weighted by molar-refractivity contribution is 0.0696. The van der Waals surface area contributed by atoms with E-state index < -0.39 is 5.97 Å². The fourth-order valence-corrected chi connectivity index (χ4v) is 0.740. The molecule has 1 N–H and O–H groups in total. The third kappa shape index (κ3) is 1.48. The lowest BCUT2D eigenvalue weighted by atomic mass is 10.2. The topological polar surface area (TPSA) is 37.3 Å². The second kappa shape index (κ2) is 2.71. The van der Waals surface area contributed by atoms with Gasteiger partial charge in [-0.3, -0.25) is 0 Å². The van der Waals surface area contributed by atoms with E-state index in [1.165, 1.54) is 6.07 Å². The van der Waals surface area contributed by atoms with Gasteiger partial charge in [-0.2, -0.15) is 0 Å². The molecule has 0 spiro atoms. The second-order valence-corrected chi connectivity index (χ2v) is 2.12. The van der Waals surface area contributed by atoms with Crippen molar-refractivity contribution in [2.24, 2.45) is 0 Å². The van der Waals surface area contributed by atoms with Crippen molar-refractivity contribution < 1.29 is 9.90 Å². The van der Waals surface area contributed by atoms with Crippen LogP contribution < -0.4 is 0 Å². The van der Waals surface area contributed by atoms with E-state index in [1.807, 2.05) is 0 Å². The summed E-state index contributed by atoms with van der Waals surface area (Å²) in [6.45, 7) is 0. The predicted octanol–water partition coefficient (Wildman–Crippen LogP) is 1.84. The van der Waals surface area contributed by atoms with Crippen molar-refractivity contribution in [2.45, 2.75) is 0 Å². The van der Waals surface area contributed by atoms with E-state index in [4.69, 9.17) is 16.7 Å². The second-order valence-electron chi connectivity index (χ2n) is 1.72. The molecular formula is C7H4ClO2. The Bertz CT molecular complexity index is 258. The van der Waals surface area contributed by atoms with E-state index in [-0.39, 0.29) is 5.56 Å². The Morgan fingerprint density at radius 3 is 2.70 bits per heavy atom. The van der Waals surface area contributed by atoms with Crippen molar-refractivity contribution in [2.75, 3.05) is 0 Å². The summed E-state index contributed by atoms with van der Waals surface area (Å²) in [4.78, 5) is 10.3. The van der Waals surface area contributed by atoms with Crippen LogP contribution in [0.15, 0.2) is 18.2 Å². The van der Waals surface area contributed by atoms with Crippen LogP contribution in [0.4, 0.5) is 0 Å². The monoisotopic (exact) mass is 155 g/mol. The van der Waals surface area contributed by atoms with Gasteiger partial charge < -0.3 is 5.11 Å². The minimum atomic E-state index is -1.01. The molecule has 0 fully saturated rings. The van der Waals surface area contributed by atoms with E-state index in [2.05, 4.69) is 6.07 Å². The molecule has 1 aromatic carbocycles. The highest BCUT2D eigenvalue weighted by Gasteiger charge is 2.01. The normalized spacial score (nSPS) is 9.30. The molecular weight excluding hydrogens is 152 g/mol. The van der Waals surface area contributed by atoms with Gasteiger partial charge in [0.25, 0.3) is 0 Å². The highest BCUT2D eigenvalue weighted by Crippen LogP contribution is 2.08. The standard InChI is InChI=1S/C7H4ClO2/c8-6-3-1-2-5(4-6)7(9)10/h1-3H,(H,9,10). The fourth-order valence-electron chi connectivity index (χ4n) is 0.566. The van der Waals surface area contributed by atoms with Crippen LogP contribution in [-0.4, -0.2) is 11.1 Å². The van der Waals surface area contributed by atoms with Gasteiger partial charge in [-0.1, -0.05) is 17.7 Å². The van der Waals surface area contributed by atoms with Crippen LogP contribution >= 0.6 is 11.6 Å². The number of carboxylic acids is 1. The SMILES string of the molecule is O=C(O)c1[c]c(Cl)ccc1. The third-order valence-corrected chi connectivity index (χ3v) is 1.21. The molecule has 0 aromatic heterocycles. The Morgan fingerprint density at radius 2 is 2.30 bits per heavy atom. The Balaban J connectivity index is 3.07. The summed E-state index contributed by atoms with van der Waals surface area (Å²) in [7, 11) is 0. The molecule has 0 aliphatic rings. The summed E-state index contributed by atoms with van der Waals surface area (Å²) in [5, 5.41) is 8.74. The summed E-state index contributed by atoms with van der Waals surface area (Å²) < 4.78 is 0. The number of carbonyl (C=O) groups is 1. The van der Waals surface area contributed by atoms with Crippen LogP contribution in [0.3, 0.4) is 0 Å². The first-order valence-electron chi connectivity index (χ1n) is 2.61. The van der Waals surface area contributed by atoms with Gasteiger partial charge in [-0.05, 0) is 12.1 Å². The van der Waals surface area contributed by atoms with Crippen molar-refractivity contribution in [1.29, 1.82) is 0 Å². The molecule has 1 radical (unpaired) electrons. The Hall–Kier alpha value is -1.02. The number of rotatable bonds is 1. The molecule has 0 bridgehead atoms. The summed E-state index contributed by atoms with van der Waals surface area (Å²) >= 11 is 5.47. The fraction of sp³-hybridized carbons (Fsp3) is 0. The van der Waals surface area contributed by atoms with E-state index in [9.17, 15) is 4.79 Å². The van der Waals surface area contributed by atoms with E-state index in [1.54, 1.807) is 12.1 Å². The third-order valence-electron chi connectivity index (χ3n) is 0.990. The minimum Gasteiger partial charge on any atom is -0.478 e. The molecule has 1 aromatic rings. The molecule has 0 saturated carbocycles. The highest BCUT2D eigenvalue weighted by atomic mass is 35.5. The first kappa shape index (κ1) is 7.09. The average Bonchev–Trinajstić information content (AvgIpc) is 1.88. The quantitative estimate of drug-likeness (QED) is 0.672. The molecule has 51 valence electrons. The molecule has 2 nitrogen and oxygen atoms in total. The summed E-state index contributed by atoms with van der Waals surface area (Å²) in [6, 6.07) is 7.06. The molecule has 0 aliphatic heterocycles. The Kier molecular flexibility index (Phi) is 1.92. The van der Waals surface area contributed by atoms with Crippen molar-refractivity contribution in [3.8, 4) is 0 Å². The van der Waals surface area contributed by atoms with Crippen LogP contribution in [0.25, 0.3) is 0 Å². The molecule has 0 saturated heterocycles. The van der Waals surface area contributed by atoms with Gasteiger partial charge in [-0.15, -0.1) is 0 Å². The number of carboxylic acid groups (broad SMARTS) is 1. The molecule has 0 atom stereocenters. The molecule has 0 aliphatic carbocycles. The summed E-state index contributed by atoms with van der Waals surface area (Å²) in [5.74, 6) is -1.01. The number of benzene rings is 1. The van der Waals surface area contributed by atoms with Gasteiger partial charge in [0.05, 0.1) is 5.56 Å². The van der Waals surface area contributed by atoms with Crippen LogP contribution in [0.1, 0.15) is 10.4 Å². The van der Waals surface area contributed by atoms with Crippen molar-refractivity contribution in [1.82, 2.24) is 0 Å². The van der Waals surface area contributed by atoms with Gasteiger partial charge in [0, 0.05) is 11.1 Å². The van der Waals surface area contributed by atoms with Gasteiger partial charge in [0.1, 0.15) is 0 Å². The molecule has 0 unspecified atom stereocenters. The van der Waals surface area contributed by atoms with Gasteiger partial charge in [-0.25, -0.2) is 4.79 Å². The van der Waals surface area contributed by atoms with Crippen molar-refractivity contribution >= 4 is 17.6 Å². The maximum atomic E-state index is 10.3. The number of aromatic carboxylic acids is 1. The van der Waals surface area contributed by atoms with Gasteiger partial charge >= 0.3 is 5.97 Å². The maximum absolute atomic E-state index is 10.3. The molecule has 3 heteroatoms. The number of halogens is 1. The average molecular weight is 156 g/mol. The summed E-state index contributed by atoms with van der Waals surface area (Å²) in [5.41, 5.74) is 0.0903. The predicted molar refractivity (Wildman–Crippen MR) is 37.2 cm³/mol. The highest BCUT2D eigenvalue weighted by molar-refractivity contribution is 6.30. The lowest BCUT2D eigenvalue weighted by Gasteiger charge is -1.91. The Morgan fingerprint density at radius 1 is 1.60 bits per heavy atom. The Labute approximate surface area is 63.1 Å². The number of hydrogen-bond donors (Lipinski definition) is 1. The summed E-state index contributed by atoms with van der Waals surface area (Å²) in [6.07, 6.45) is 0.